The van der Waals surface area contributed by atoms with Gasteiger partial charge in [-0.2, -0.15) is 4.31 Å². The van der Waals surface area contributed by atoms with Crippen molar-refractivity contribution >= 4 is 27.0 Å². The molecular formula is C16H23N5O4S. The van der Waals surface area contributed by atoms with Crippen LogP contribution in [0.15, 0.2) is 23.1 Å². The third-order valence-electron chi connectivity index (χ3n) is 4.52. The highest BCUT2D eigenvalue weighted by molar-refractivity contribution is 7.89. The predicted molar refractivity (Wildman–Crippen MR) is 95.0 cm³/mol. The number of carbonyl (C=O) groups excluding carboxylic acids is 1. The summed E-state index contributed by atoms with van der Waals surface area (Å²) in [5, 5.41) is 8.05. The summed E-state index contributed by atoms with van der Waals surface area (Å²) in [6.07, 6.45) is 1.94. The van der Waals surface area contributed by atoms with Gasteiger partial charge in [0.05, 0.1) is 30.1 Å². The van der Waals surface area contributed by atoms with Crippen LogP contribution in [0, 0.1) is 0 Å². The SMILES string of the molecule is COCCn1nnc2cc(S(=O)(=O)N(C)CC(=O)N3CCCC3)ccc21. The van der Waals surface area contributed by atoms with Gasteiger partial charge in [-0.15, -0.1) is 5.10 Å². The summed E-state index contributed by atoms with van der Waals surface area (Å²) in [6, 6.07) is 4.67. The van der Waals surface area contributed by atoms with Crippen molar-refractivity contribution in [2.45, 2.75) is 24.3 Å². The van der Waals surface area contributed by atoms with Crippen molar-refractivity contribution in [3.8, 4) is 0 Å². The highest BCUT2D eigenvalue weighted by Gasteiger charge is 2.27. The number of aromatic nitrogens is 3. The molecule has 1 aliphatic heterocycles. The van der Waals surface area contributed by atoms with Crippen LogP contribution in [-0.4, -0.2) is 78.9 Å². The molecule has 0 aliphatic carbocycles. The van der Waals surface area contributed by atoms with Gasteiger partial charge in [0.2, 0.25) is 15.9 Å². The molecule has 1 fully saturated rings. The number of ether oxygens (including phenoxy) is 1. The van der Waals surface area contributed by atoms with Gasteiger partial charge < -0.3 is 9.64 Å². The van der Waals surface area contributed by atoms with E-state index in [-0.39, 0.29) is 17.3 Å². The van der Waals surface area contributed by atoms with Crippen molar-refractivity contribution in [2.24, 2.45) is 0 Å². The van der Waals surface area contributed by atoms with Crippen LogP contribution in [0.1, 0.15) is 12.8 Å². The lowest BCUT2D eigenvalue weighted by molar-refractivity contribution is -0.130. The average molecular weight is 381 g/mol. The Bertz CT molecular complexity index is 889. The summed E-state index contributed by atoms with van der Waals surface area (Å²) in [4.78, 5) is 14.0. The Morgan fingerprint density at radius 1 is 1.31 bits per heavy atom. The van der Waals surface area contributed by atoms with Gasteiger partial charge in [0.15, 0.2) is 0 Å². The first kappa shape index (κ1) is 18.7. The van der Waals surface area contributed by atoms with Crippen LogP contribution < -0.4 is 0 Å². The third-order valence-corrected chi connectivity index (χ3v) is 6.32. The van der Waals surface area contributed by atoms with Crippen LogP contribution in [-0.2, 0) is 26.1 Å². The fraction of sp³-hybridized carbons (Fsp3) is 0.562. The molecule has 0 unspecified atom stereocenters. The molecule has 0 atom stereocenters. The Labute approximate surface area is 152 Å². The van der Waals surface area contributed by atoms with Crippen LogP contribution in [0.4, 0.5) is 0 Å². The molecule has 1 aliphatic rings. The van der Waals surface area contributed by atoms with Crippen LogP contribution in [0.5, 0.6) is 0 Å². The topological polar surface area (TPSA) is 97.6 Å². The summed E-state index contributed by atoms with van der Waals surface area (Å²) in [6.45, 7) is 2.25. The van der Waals surface area contributed by atoms with Gasteiger partial charge in [0.1, 0.15) is 5.52 Å². The number of carbonyl (C=O) groups is 1. The van der Waals surface area contributed by atoms with Gasteiger partial charge in [-0.3, -0.25) is 4.79 Å². The van der Waals surface area contributed by atoms with Gasteiger partial charge in [-0.25, -0.2) is 13.1 Å². The van der Waals surface area contributed by atoms with Crippen molar-refractivity contribution in [3.63, 3.8) is 0 Å². The van der Waals surface area contributed by atoms with Crippen molar-refractivity contribution in [2.75, 3.05) is 40.4 Å². The smallest absolute Gasteiger partial charge is 0.243 e. The molecule has 1 aromatic carbocycles. The molecule has 3 rings (SSSR count). The van der Waals surface area contributed by atoms with Gasteiger partial charge in [-0.1, -0.05) is 5.21 Å². The molecule has 1 amide bonds. The number of likely N-dealkylation sites (N-methyl/N-ethyl adjacent to an activating group) is 1. The fourth-order valence-corrected chi connectivity index (χ4v) is 4.12. The van der Waals surface area contributed by atoms with E-state index in [4.69, 9.17) is 4.74 Å². The molecule has 9 nitrogen and oxygen atoms in total. The largest absolute Gasteiger partial charge is 0.383 e. The lowest BCUT2D eigenvalue weighted by atomic mass is 10.3. The Morgan fingerprint density at radius 3 is 2.73 bits per heavy atom. The maximum Gasteiger partial charge on any atom is 0.243 e. The Kier molecular flexibility index (Phi) is 5.54. The predicted octanol–water partition coefficient (Wildman–Crippen LogP) is 0.321. The summed E-state index contributed by atoms with van der Waals surface area (Å²) in [7, 11) is -0.759. The molecule has 0 radical (unpaired) electrons. The second-order valence-corrected chi connectivity index (χ2v) is 8.35. The summed E-state index contributed by atoms with van der Waals surface area (Å²) >= 11 is 0. The maximum atomic E-state index is 12.8. The molecule has 2 aromatic rings. The minimum atomic E-state index is -3.78. The van der Waals surface area contributed by atoms with Crippen molar-refractivity contribution < 1.29 is 17.9 Å². The first-order chi connectivity index (χ1) is 12.4. The zero-order chi connectivity index (χ0) is 18.7. The number of rotatable bonds is 7. The Balaban J connectivity index is 1.78. The molecule has 142 valence electrons. The van der Waals surface area contributed by atoms with Crippen molar-refractivity contribution in [3.05, 3.63) is 18.2 Å². The molecule has 1 saturated heterocycles. The molecule has 1 aromatic heterocycles. The molecule has 0 saturated carbocycles. The summed E-state index contributed by atoms with van der Waals surface area (Å²) in [5.74, 6) is -0.167. The molecule has 0 N–H and O–H groups in total. The summed E-state index contributed by atoms with van der Waals surface area (Å²) < 4.78 is 33.3. The van der Waals surface area contributed by atoms with E-state index in [9.17, 15) is 13.2 Å². The second kappa shape index (κ2) is 7.68. The van der Waals surface area contributed by atoms with Crippen molar-refractivity contribution in [1.82, 2.24) is 24.2 Å². The van der Waals surface area contributed by atoms with E-state index in [1.165, 1.54) is 19.2 Å². The highest BCUT2D eigenvalue weighted by Crippen LogP contribution is 2.20. The van der Waals surface area contributed by atoms with Gasteiger partial charge in [-0.05, 0) is 31.0 Å². The van der Waals surface area contributed by atoms with E-state index >= 15 is 0 Å². The number of fused-ring (bicyclic) bond motifs is 1. The molecule has 0 spiro atoms. The zero-order valence-electron chi connectivity index (χ0n) is 15.0. The summed E-state index contributed by atoms with van der Waals surface area (Å²) in [5.41, 5.74) is 1.22. The van der Waals surface area contributed by atoms with Gasteiger partial charge >= 0.3 is 0 Å². The number of methoxy groups -OCH3 is 1. The number of nitrogens with zero attached hydrogens (tertiary/aromatic N) is 5. The number of hydrogen-bond donors (Lipinski definition) is 0. The third kappa shape index (κ3) is 3.71. The van der Waals surface area contributed by atoms with E-state index in [1.807, 2.05) is 0 Å². The van der Waals surface area contributed by atoms with Gasteiger partial charge in [0, 0.05) is 27.2 Å². The lowest BCUT2D eigenvalue weighted by Gasteiger charge is -2.21. The number of hydrogen-bond acceptors (Lipinski definition) is 6. The van der Waals surface area contributed by atoms with E-state index in [2.05, 4.69) is 10.3 Å². The van der Waals surface area contributed by atoms with Crippen LogP contribution in [0.25, 0.3) is 11.0 Å². The molecular weight excluding hydrogens is 358 g/mol. The average Bonchev–Trinajstić information content (AvgIpc) is 3.29. The normalized spacial score (nSPS) is 15.3. The standard InChI is InChI=1S/C16H23N5O4S/c1-19(12-16(22)20-7-3-4-8-20)26(23,24)13-5-6-15-14(11-13)17-18-21(15)9-10-25-2/h5-6,11H,3-4,7-10,12H2,1-2H3. The fourth-order valence-electron chi connectivity index (χ4n) is 2.98. The first-order valence-corrected chi connectivity index (χ1v) is 9.94. The second-order valence-electron chi connectivity index (χ2n) is 6.30. The van der Waals surface area contributed by atoms with Crippen LogP contribution >= 0.6 is 0 Å². The van der Waals surface area contributed by atoms with Crippen LogP contribution in [0.3, 0.4) is 0 Å². The highest BCUT2D eigenvalue weighted by atomic mass is 32.2. The number of benzene rings is 1. The number of sulfonamides is 1. The Morgan fingerprint density at radius 2 is 2.04 bits per heavy atom. The minimum Gasteiger partial charge on any atom is -0.383 e. The van der Waals surface area contributed by atoms with E-state index in [0.717, 1.165) is 22.7 Å². The van der Waals surface area contributed by atoms with E-state index < -0.39 is 10.0 Å². The Hall–Kier alpha value is -2.04. The van der Waals surface area contributed by atoms with Crippen LogP contribution in [0.2, 0.25) is 0 Å². The maximum absolute atomic E-state index is 12.8. The minimum absolute atomic E-state index is 0.0977. The zero-order valence-corrected chi connectivity index (χ0v) is 15.8. The lowest BCUT2D eigenvalue weighted by Crippen LogP contribution is -2.39. The van der Waals surface area contributed by atoms with Crippen molar-refractivity contribution in [1.29, 1.82) is 0 Å². The van der Waals surface area contributed by atoms with E-state index in [0.29, 0.717) is 31.8 Å². The molecule has 0 bridgehead atoms. The molecule has 2 heterocycles. The first-order valence-electron chi connectivity index (χ1n) is 8.50. The molecule has 26 heavy (non-hydrogen) atoms. The monoisotopic (exact) mass is 381 g/mol. The number of amides is 1. The van der Waals surface area contributed by atoms with Gasteiger partial charge in [0.25, 0.3) is 0 Å². The van der Waals surface area contributed by atoms with E-state index in [1.54, 1.807) is 22.8 Å². The molecule has 10 heteroatoms. The number of likely N-dealkylation sites (tertiary alicyclic amines) is 1. The quantitative estimate of drug-likeness (QED) is 0.685.